The summed E-state index contributed by atoms with van der Waals surface area (Å²) in [5.41, 5.74) is 0.902. The molecule has 0 aliphatic carbocycles. The quantitative estimate of drug-likeness (QED) is 0.0993. The van der Waals surface area contributed by atoms with Crippen LogP contribution in [0.4, 0.5) is 17.1 Å². The number of amides is 2. The second kappa shape index (κ2) is 12.0. The highest BCUT2D eigenvalue weighted by molar-refractivity contribution is 7.87. The van der Waals surface area contributed by atoms with E-state index in [0.717, 1.165) is 11.3 Å². The number of carbonyl (C=O) groups excluding carboxylic acids is 2. The van der Waals surface area contributed by atoms with Gasteiger partial charge in [0.25, 0.3) is 11.6 Å². The van der Waals surface area contributed by atoms with Crippen LogP contribution >= 0.6 is 0 Å². The Balaban J connectivity index is 1.34. The topological polar surface area (TPSA) is 146 Å². The van der Waals surface area contributed by atoms with Crippen molar-refractivity contribution in [1.29, 1.82) is 0 Å². The molecule has 12 nitrogen and oxygen atoms in total. The summed E-state index contributed by atoms with van der Waals surface area (Å²) in [4.78, 5) is 45.7. The molecule has 2 fully saturated rings. The van der Waals surface area contributed by atoms with Crippen LogP contribution < -0.4 is 18.9 Å². The predicted octanol–water partition coefficient (Wildman–Crippen LogP) is 5.20. The molecule has 3 atom stereocenters. The van der Waals surface area contributed by atoms with Crippen molar-refractivity contribution in [2.45, 2.75) is 30.4 Å². The zero-order valence-corrected chi connectivity index (χ0v) is 24.7. The van der Waals surface area contributed by atoms with Gasteiger partial charge in [-0.1, -0.05) is 43.3 Å². The molecule has 0 bridgehead atoms. The minimum Gasteiger partial charge on any atom is -0.494 e. The number of benzene rings is 4. The fourth-order valence-corrected chi connectivity index (χ4v) is 6.32. The van der Waals surface area contributed by atoms with Crippen LogP contribution in [0.25, 0.3) is 0 Å². The molecule has 0 saturated carbocycles. The molecule has 0 radical (unpaired) electrons. The Hall–Kier alpha value is -5.27. The zero-order valence-electron chi connectivity index (χ0n) is 23.9. The van der Waals surface area contributed by atoms with Crippen LogP contribution in [0.5, 0.6) is 11.5 Å². The van der Waals surface area contributed by atoms with Crippen LogP contribution in [0.15, 0.2) is 108 Å². The third-order valence-corrected chi connectivity index (χ3v) is 8.70. The number of hydroxylamine groups is 1. The van der Waals surface area contributed by atoms with Crippen LogP contribution in [0, 0.1) is 16.0 Å². The third-order valence-electron chi connectivity index (χ3n) is 7.44. The zero-order chi connectivity index (χ0) is 31.7. The number of nitrogens with zero attached hydrogens (tertiary/aromatic N) is 3. The highest BCUT2D eigenvalue weighted by Crippen LogP contribution is 2.48. The molecule has 0 spiro atoms. The van der Waals surface area contributed by atoms with Crippen molar-refractivity contribution in [2.24, 2.45) is 5.92 Å². The number of hydrogen-bond donors (Lipinski definition) is 0. The lowest BCUT2D eigenvalue weighted by Gasteiger charge is -2.28. The van der Waals surface area contributed by atoms with Gasteiger partial charge in [-0.25, -0.2) is 9.96 Å². The molecule has 2 amide bonds. The predicted molar refractivity (Wildman–Crippen MR) is 162 cm³/mol. The molecular formula is C32H27N3O9S. The van der Waals surface area contributed by atoms with E-state index in [1.54, 1.807) is 60.7 Å². The first-order chi connectivity index (χ1) is 21.7. The van der Waals surface area contributed by atoms with E-state index < -0.39 is 44.9 Å². The number of rotatable bonds is 10. The SMILES string of the molecule is CCCOc1ccc(N2C(=O)[C@@H]3[C@@H](c4ccc(OS(=O)(=O)c5ccccc5)cc4)N(c4cccc([N+](=O)[O-])c4)O[C@H]3C2=O)cc1. The van der Waals surface area contributed by atoms with Gasteiger partial charge in [0.1, 0.15) is 22.3 Å². The van der Waals surface area contributed by atoms with Crippen molar-refractivity contribution in [2.75, 3.05) is 16.6 Å². The molecule has 2 aliphatic rings. The lowest BCUT2D eigenvalue weighted by molar-refractivity contribution is -0.384. The van der Waals surface area contributed by atoms with Crippen molar-refractivity contribution >= 4 is 39.0 Å². The summed E-state index contributed by atoms with van der Waals surface area (Å²) in [6.45, 7) is 2.51. The Morgan fingerprint density at radius 3 is 2.20 bits per heavy atom. The van der Waals surface area contributed by atoms with E-state index in [4.69, 9.17) is 13.8 Å². The molecule has 0 N–H and O–H groups in total. The summed E-state index contributed by atoms with van der Waals surface area (Å²) in [5, 5.41) is 12.8. The van der Waals surface area contributed by atoms with Crippen molar-refractivity contribution in [3.63, 3.8) is 0 Å². The highest BCUT2D eigenvalue weighted by atomic mass is 32.2. The molecule has 4 aromatic rings. The average molecular weight is 630 g/mol. The lowest BCUT2D eigenvalue weighted by atomic mass is 9.90. The number of fused-ring (bicyclic) bond motifs is 1. The summed E-state index contributed by atoms with van der Waals surface area (Å²) in [6.07, 6.45) is -0.392. The fraction of sp³-hybridized carbons (Fsp3) is 0.188. The smallest absolute Gasteiger partial charge is 0.339 e. The molecule has 13 heteroatoms. The van der Waals surface area contributed by atoms with Crippen LogP contribution in [-0.4, -0.2) is 37.9 Å². The van der Waals surface area contributed by atoms with Gasteiger partial charge in [-0.3, -0.25) is 24.5 Å². The third kappa shape index (κ3) is 5.70. The second-order valence-corrected chi connectivity index (χ2v) is 11.9. The van der Waals surface area contributed by atoms with Gasteiger partial charge in [0.15, 0.2) is 6.10 Å². The number of imide groups is 1. The lowest BCUT2D eigenvalue weighted by Crippen LogP contribution is -2.37. The van der Waals surface area contributed by atoms with E-state index in [0.29, 0.717) is 23.6 Å². The minimum atomic E-state index is -4.10. The minimum absolute atomic E-state index is 0.0157. The van der Waals surface area contributed by atoms with Gasteiger partial charge in [0, 0.05) is 12.1 Å². The summed E-state index contributed by atoms with van der Waals surface area (Å²) < 4.78 is 36.4. The van der Waals surface area contributed by atoms with E-state index in [2.05, 4.69) is 0 Å². The number of anilines is 2. The standard InChI is InChI=1S/C32H27N3O9S/c1-2-19-42-25-17-13-22(14-18-25)33-31(36)28-29(34(43-30(28)32(33)37)23-7-6-8-24(20-23)35(38)39)21-11-15-26(16-12-21)44-45(40,41)27-9-4-3-5-10-27/h3-18,20,28-30H,2,19H2,1H3/t28-,29-,30-/m1/s1. The normalized spacial score (nSPS) is 19.4. The number of nitro benzene ring substituents is 1. The van der Waals surface area contributed by atoms with Gasteiger partial charge >= 0.3 is 10.1 Å². The maximum atomic E-state index is 14.0. The molecule has 2 heterocycles. The van der Waals surface area contributed by atoms with Gasteiger partial charge in [0.05, 0.1) is 28.9 Å². The first kappa shape index (κ1) is 29.8. The number of non-ortho nitro benzene ring substituents is 1. The molecule has 0 unspecified atom stereocenters. The van der Waals surface area contributed by atoms with Gasteiger partial charge in [-0.05, 0) is 66.6 Å². The Morgan fingerprint density at radius 1 is 0.844 bits per heavy atom. The van der Waals surface area contributed by atoms with Crippen LogP contribution in [0.1, 0.15) is 24.9 Å². The maximum absolute atomic E-state index is 14.0. The number of carbonyl (C=O) groups is 2. The molecule has 45 heavy (non-hydrogen) atoms. The van der Waals surface area contributed by atoms with Crippen molar-refractivity contribution in [3.05, 3.63) is 119 Å². The Labute approximate surface area is 258 Å². The van der Waals surface area contributed by atoms with E-state index in [1.807, 2.05) is 6.92 Å². The summed E-state index contributed by atoms with van der Waals surface area (Å²) in [5.74, 6) is -1.49. The van der Waals surface area contributed by atoms with Crippen molar-refractivity contribution in [1.82, 2.24) is 0 Å². The molecule has 230 valence electrons. The van der Waals surface area contributed by atoms with Gasteiger partial charge in [-0.15, -0.1) is 0 Å². The second-order valence-electron chi connectivity index (χ2n) is 10.4. The average Bonchev–Trinajstić information content (AvgIpc) is 3.56. The van der Waals surface area contributed by atoms with Crippen molar-refractivity contribution < 1.29 is 36.7 Å². The largest absolute Gasteiger partial charge is 0.494 e. The molecule has 2 aliphatic heterocycles. The van der Waals surface area contributed by atoms with Crippen LogP contribution in [0.2, 0.25) is 0 Å². The summed E-state index contributed by atoms with van der Waals surface area (Å²) in [7, 11) is -4.10. The molecular weight excluding hydrogens is 602 g/mol. The molecule has 2 saturated heterocycles. The maximum Gasteiger partial charge on any atom is 0.339 e. The number of ether oxygens (including phenoxy) is 1. The Morgan fingerprint density at radius 2 is 1.53 bits per heavy atom. The van der Waals surface area contributed by atoms with Crippen molar-refractivity contribution in [3.8, 4) is 11.5 Å². The summed E-state index contributed by atoms with van der Waals surface area (Å²) in [6, 6.07) is 25.0. The fourth-order valence-electron chi connectivity index (χ4n) is 5.37. The van der Waals surface area contributed by atoms with Gasteiger partial charge in [0.2, 0.25) is 5.91 Å². The van der Waals surface area contributed by atoms with E-state index in [9.17, 15) is 28.1 Å². The Bertz CT molecular complexity index is 1850. The molecule has 4 aromatic carbocycles. The summed E-state index contributed by atoms with van der Waals surface area (Å²) >= 11 is 0. The van der Waals surface area contributed by atoms with E-state index in [1.165, 1.54) is 47.5 Å². The first-order valence-corrected chi connectivity index (χ1v) is 15.5. The molecule has 0 aromatic heterocycles. The monoisotopic (exact) mass is 629 g/mol. The van der Waals surface area contributed by atoms with E-state index in [-0.39, 0.29) is 22.0 Å². The van der Waals surface area contributed by atoms with E-state index >= 15 is 0 Å². The highest BCUT2D eigenvalue weighted by Gasteiger charge is 2.60. The van der Waals surface area contributed by atoms with Crippen LogP contribution in [0.3, 0.4) is 0 Å². The number of nitro groups is 1. The first-order valence-electron chi connectivity index (χ1n) is 14.1. The Kier molecular flexibility index (Phi) is 7.96. The van der Waals surface area contributed by atoms with Gasteiger partial charge < -0.3 is 8.92 Å². The molecule has 6 rings (SSSR count). The van der Waals surface area contributed by atoms with Gasteiger partial charge in [-0.2, -0.15) is 8.42 Å². The van der Waals surface area contributed by atoms with Crippen LogP contribution in [-0.2, 0) is 24.5 Å². The number of hydrogen-bond acceptors (Lipinski definition) is 10.